The van der Waals surface area contributed by atoms with Gasteiger partial charge < -0.3 is 0 Å². The van der Waals surface area contributed by atoms with Gasteiger partial charge in [-0.15, -0.1) is 0 Å². The first kappa shape index (κ1) is 17.9. The fourth-order valence-electron chi connectivity index (χ4n) is 3.03. The lowest BCUT2D eigenvalue weighted by molar-refractivity contribution is -0.137. The van der Waals surface area contributed by atoms with E-state index in [9.17, 15) is 22.8 Å². The summed E-state index contributed by atoms with van der Waals surface area (Å²) in [5.74, 6) is -0.623. The molecule has 3 aromatic rings. The van der Waals surface area contributed by atoms with Crippen molar-refractivity contribution in [2.75, 3.05) is 0 Å². The second-order valence-corrected chi connectivity index (χ2v) is 6.35. The van der Waals surface area contributed by atoms with Gasteiger partial charge in [-0.1, -0.05) is 18.2 Å². The Kier molecular flexibility index (Phi) is 4.21. The Morgan fingerprint density at radius 2 is 1.96 bits per heavy atom. The van der Waals surface area contributed by atoms with Crippen molar-refractivity contribution in [1.82, 2.24) is 14.5 Å². The number of halogens is 3. The summed E-state index contributed by atoms with van der Waals surface area (Å²) in [6.45, 7) is 0.222. The topological polar surface area (TPSA) is 80.1 Å². The smallest absolute Gasteiger partial charge is 0.290 e. The molecule has 0 radical (unpaired) electrons. The van der Waals surface area contributed by atoms with Crippen LogP contribution in [0, 0.1) is 5.92 Å². The van der Waals surface area contributed by atoms with Gasteiger partial charge >= 0.3 is 11.9 Å². The summed E-state index contributed by atoms with van der Waals surface area (Å²) in [4.78, 5) is 33.9. The van der Waals surface area contributed by atoms with Crippen LogP contribution >= 0.6 is 0 Å². The zero-order valence-corrected chi connectivity index (χ0v) is 14.3. The highest BCUT2D eigenvalue weighted by Gasteiger charge is 2.30. The van der Waals surface area contributed by atoms with Gasteiger partial charge in [0.15, 0.2) is 5.65 Å². The van der Waals surface area contributed by atoms with Crippen molar-refractivity contribution in [2.24, 2.45) is 10.9 Å². The van der Waals surface area contributed by atoms with Gasteiger partial charge in [0.05, 0.1) is 11.1 Å². The molecule has 1 N–H and O–H groups in total. The lowest BCUT2D eigenvalue weighted by Gasteiger charge is -2.11. The third-order valence-corrected chi connectivity index (χ3v) is 4.42. The van der Waals surface area contributed by atoms with E-state index >= 15 is 0 Å². The highest BCUT2D eigenvalue weighted by molar-refractivity contribution is 5.96. The molecule has 0 fully saturated rings. The minimum atomic E-state index is -4.45. The van der Waals surface area contributed by atoms with Gasteiger partial charge in [-0.3, -0.25) is 14.3 Å². The minimum Gasteiger partial charge on any atom is -0.290 e. The molecule has 0 spiro atoms. The number of pyridine rings is 1. The van der Waals surface area contributed by atoms with Crippen molar-refractivity contribution >= 4 is 23.3 Å². The van der Waals surface area contributed by atoms with Crippen LogP contribution in [0.4, 0.5) is 13.2 Å². The predicted molar refractivity (Wildman–Crippen MR) is 96.9 cm³/mol. The van der Waals surface area contributed by atoms with Crippen LogP contribution in [0.15, 0.2) is 58.5 Å². The molecule has 1 aliphatic rings. The fraction of sp³-hybridized carbons (Fsp3) is 0.158. The number of imidazole rings is 1. The van der Waals surface area contributed by atoms with E-state index in [4.69, 9.17) is 0 Å². The van der Waals surface area contributed by atoms with Gasteiger partial charge in [-0.25, -0.2) is 14.8 Å². The summed E-state index contributed by atoms with van der Waals surface area (Å²) < 4.78 is 40.4. The Labute approximate surface area is 156 Å². The number of amides is 1. The van der Waals surface area contributed by atoms with E-state index in [0.717, 1.165) is 12.1 Å². The third kappa shape index (κ3) is 3.38. The molecule has 0 aliphatic carbocycles. The number of allylic oxidation sites excluding steroid dienone is 1. The van der Waals surface area contributed by atoms with Crippen LogP contribution in [-0.4, -0.2) is 26.7 Å². The van der Waals surface area contributed by atoms with E-state index in [1.54, 1.807) is 18.2 Å². The van der Waals surface area contributed by atoms with Gasteiger partial charge in [-0.05, 0) is 23.8 Å². The fourth-order valence-corrected chi connectivity index (χ4v) is 3.03. The van der Waals surface area contributed by atoms with Gasteiger partial charge in [0.25, 0.3) is 5.91 Å². The first-order valence-corrected chi connectivity index (χ1v) is 8.34. The zero-order chi connectivity index (χ0) is 19.9. The number of aromatic nitrogens is 3. The number of rotatable bonds is 3. The molecule has 142 valence electrons. The molecule has 1 unspecified atom stereocenters. The molecule has 6 nitrogen and oxygen atoms in total. The van der Waals surface area contributed by atoms with Crippen LogP contribution < -0.4 is 5.69 Å². The lowest BCUT2D eigenvalue weighted by atomic mass is 10.0. The predicted octanol–water partition coefficient (Wildman–Crippen LogP) is 3.19. The van der Waals surface area contributed by atoms with Gasteiger partial charge in [-0.2, -0.15) is 13.2 Å². The highest BCUT2D eigenvalue weighted by atomic mass is 19.4. The molecule has 2 aromatic heterocycles. The molecule has 0 saturated carbocycles. The maximum absolute atomic E-state index is 13.0. The number of carbonyl (C=O) groups is 1. The Hall–Kier alpha value is -3.49. The first-order valence-electron chi connectivity index (χ1n) is 8.34. The highest BCUT2D eigenvalue weighted by Crippen LogP contribution is 2.32. The van der Waals surface area contributed by atoms with Crippen LogP contribution in [0.1, 0.15) is 5.56 Å². The molecule has 3 heterocycles. The van der Waals surface area contributed by atoms with E-state index in [2.05, 4.69) is 15.0 Å². The summed E-state index contributed by atoms with van der Waals surface area (Å²) in [6.07, 6.45) is 1.39. The number of H-pyrrole nitrogens is 1. The summed E-state index contributed by atoms with van der Waals surface area (Å²) in [7, 11) is 0. The van der Waals surface area contributed by atoms with Gasteiger partial charge in [0.2, 0.25) is 0 Å². The Balaban J connectivity index is 1.75. The van der Waals surface area contributed by atoms with Crippen molar-refractivity contribution in [3.63, 3.8) is 0 Å². The summed E-state index contributed by atoms with van der Waals surface area (Å²) >= 11 is 0. The number of aliphatic imine (C=N–C) groups is 1. The van der Waals surface area contributed by atoms with Gasteiger partial charge in [0.1, 0.15) is 0 Å². The molecule has 4 rings (SSSR count). The molecule has 1 amide bonds. The van der Waals surface area contributed by atoms with Gasteiger partial charge in [0, 0.05) is 36.5 Å². The largest absolute Gasteiger partial charge is 0.416 e. The number of nitrogens with zero attached hydrogens (tertiary/aromatic N) is 3. The maximum atomic E-state index is 13.0. The van der Waals surface area contributed by atoms with E-state index in [-0.39, 0.29) is 18.4 Å². The quantitative estimate of drug-likeness (QED) is 0.751. The van der Waals surface area contributed by atoms with Crippen LogP contribution in [0.5, 0.6) is 0 Å². The van der Waals surface area contributed by atoms with Crippen molar-refractivity contribution < 1.29 is 18.0 Å². The summed E-state index contributed by atoms with van der Waals surface area (Å²) in [5, 5.41) is 0. The van der Waals surface area contributed by atoms with Crippen molar-refractivity contribution in [1.29, 1.82) is 0 Å². The number of dihydropyridines is 1. The second kappa shape index (κ2) is 6.59. The first-order chi connectivity index (χ1) is 13.3. The van der Waals surface area contributed by atoms with E-state index < -0.39 is 17.4 Å². The standard InChI is InChI=1S/C19H13F3N4O2/c20-19(21,22)14-3-1-2-12(6-14)13-7-15-17(24-9-13)25-18(28)26(15)10-11-4-5-16(27)23-8-11/h1-9,11H,10H2,(H,24,25,28). The van der Waals surface area contributed by atoms with Crippen molar-refractivity contribution in [2.45, 2.75) is 12.7 Å². The molecule has 0 bridgehead atoms. The van der Waals surface area contributed by atoms with Crippen LogP contribution in [0.2, 0.25) is 0 Å². The number of hydrogen-bond donors (Lipinski definition) is 1. The summed E-state index contributed by atoms with van der Waals surface area (Å²) in [5.41, 5.74) is 0.419. The zero-order valence-electron chi connectivity index (χ0n) is 14.3. The molecule has 1 aliphatic heterocycles. The van der Waals surface area contributed by atoms with Crippen LogP contribution in [-0.2, 0) is 17.5 Å². The van der Waals surface area contributed by atoms with Crippen LogP contribution in [0.25, 0.3) is 22.3 Å². The number of benzene rings is 1. The SMILES string of the molecule is O=C1C=CC(Cn2c(=O)[nH]c3ncc(-c4cccc(C(F)(F)F)c4)cc32)C=N1. The van der Waals surface area contributed by atoms with E-state index in [1.165, 1.54) is 29.1 Å². The van der Waals surface area contributed by atoms with E-state index in [0.29, 0.717) is 22.3 Å². The Bertz CT molecular complexity index is 1170. The van der Waals surface area contributed by atoms with E-state index in [1.807, 2.05) is 0 Å². The van der Waals surface area contributed by atoms with Crippen LogP contribution in [0.3, 0.4) is 0 Å². The Morgan fingerprint density at radius 1 is 1.14 bits per heavy atom. The molecule has 28 heavy (non-hydrogen) atoms. The average Bonchev–Trinajstić information content (AvgIpc) is 2.97. The number of aromatic amines is 1. The number of alkyl halides is 3. The molecule has 9 heteroatoms. The summed E-state index contributed by atoms with van der Waals surface area (Å²) in [6, 6.07) is 6.53. The third-order valence-electron chi connectivity index (χ3n) is 4.42. The minimum absolute atomic E-state index is 0.222. The normalized spacial score (nSPS) is 16.8. The number of fused-ring (bicyclic) bond motifs is 1. The van der Waals surface area contributed by atoms with Crippen molar-refractivity contribution in [3.05, 3.63) is 64.7 Å². The number of hydrogen-bond acceptors (Lipinski definition) is 3. The maximum Gasteiger partial charge on any atom is 0.416 e. The average molecular weight is 386 g/mol. The molecule has 1 aromatic carbocycles. The number of carbonyl (C=O) groups excluding carboxylic acids is 1. The molecule has 0 saturated heterocycles. The lowest BCUT2D eigenvalue weighted by Crippen LogP contribution is -2.22. The Morgan fingerprint density at radius 3 is 2.68 bits per heavy atom. The molecular weight excluding hydrogens is 373 g/mol. The van der Waals surface area contributed by atoms with Crippen molar-refractivity contribution in [3.8, 4) is 11.1 Å². The second-order valence-electron chi connectivity index (χ2n) is 6.35. The monoisotopic (exact) mass is 386 g/mol. The molecular formula is C19H13F3N4O2. The molecule has 1 atom stereocenters. The number of nitrogens with one attached hydrogen (secondary N) is 1.